The van der Waals surface area contributed by atoms with Crippen LogP contribution in [-0.2, 0) is 0 Å². The summed E-state index contributed by atoms with van der Waals surface area (Å²) < 4.78 is 39.3. The van der Waals surface area contributed by atoms with E-state index >= 15 is 0 Å². The number of nitriles is 1. The first-order chi connectivity index (χ1) is 19.1. The molecule has 0 heterocycles. The second kappa shape index (κ2) is 16.7. The van der Waals surface area contributed by atoms with Crippen molar-refractivity contribution in [1.29, 1.82) is 5.26 Å². The van der Waals surface area contributed by atoms with Gasteiger partial charge in [0.2, 0.25) is 0 Å². The molecule has 3 rings (SSSR count). The van der Waals surface area contributed by atoms with E-state index in [2.05, 4.69) is 51.1 Å². The van der Waals surface area contributed by atoms with E-state index in [1.807, 2.05) is 17.1 Å². The van der Waals surface area contributed by atoms with Crippen molar-refractivity contribution < 1.29 is 18.0 Å². The normalized spacial score (nSPS) is 22.7. The first-order valence-corrected chi connectivity index (χ1v) is 15.1. The number of nitrogens with zero attached hydrogens (tertiary/aromatic N) is 2. The number of amides is 1. The number of hydrogen-bond donors (Lipinski definition) is 1. The van der Waals surface area contributed by atoms with E-state index in [9.17, 15) is 23.2 Å². The molecule has 0 aromatic heterocycles. The molecule has 1 saturated carbocycles. The van der Waals surface area contributed by atoms with Crippen molar-refractivity contribution in [3.63, 3.8) is 0 Å². The van der Waals surface area contributed by atoms with Crippen molar-refractivity contribution in [2.75, 3.05) is 6.54 Å². The molecule has 220 valence electrons. The van der Waals surface area contributed by atoms with Crippen molar-refractivity contribution in [1.82, 2.24) is 4.90 Å². The molecular formula is C33H45F3N2OS. The van der Waals surface area contributed by atoms with E-state index in [1.165, 1.54) is 24.3 Å². The molecular weight excluding hydrogens is 529 g/mol. The van der Waals surface area contributed by atoms with Crippen LogP contribution in [0, 0.1) is 29.1 Å². The summed E-state index contributed by atoms with van der Waals surface area (Å²) in [5, 5.41) is 9.57. The zero-order chi connectivity index (χ0) is 29.7. The van der Waals surface area contributed by atoms with Crippen molar-refractivity contribution in [2.45, 2.75) is 96.0 Å². The molecule has 6 atom stereocenters. The third kappa shape index (κ3) is 9.87. The molecule has 0 N–H and O–H groups in total. The van der Waals surface area contributed by atoms with Crippen molar-refractivity contribution >= 4 is 18.5 Å². The van der Waals surface area contributed by atoms with Gasteiger partial charge in [-0.05, 0) is 68.6 Å². The molecule has 0 radical (unpaired) electrons. The molecule has 6 unspecified atom stereocenters. The first-order valence-electron chi connectivity index (χ1n) is 14.6. The second-order valence-corrected chi connectivity index (χ2v) is 11.5. The molecule has 0 aliphatic heterocycles. The molecule has 1 aromatic carbocycles. The Morgan fingerprint density at radius 3 is 2.17 bits per heavy atom. The van der Waals surface area contributed by atoms with Gasteiger partial charge in [0.15, 0.2) is 0 Å². The SMILES string of the molecule is C1=CC=CCC=C1.CCC(S)C(CC)CN(C(=O)c1ccc(C(C)C(F)(F)F)cc1)C1CCC(C#N)CC1CC. The number of thiol groups is 1. The monoisotopic (exact) mass is 574 g/mol. The number of carbonyl (C=O) groups is 1. The zero-order valence-corrected chi connectivity index (χ0v) is 25.2. The molecule has 1 fully saturated rings. The molecule has 3 nitrogen and oxygen atoms in total. The molecule has 0 spiro atoms. The van der Waals surface area contributed by atoms with E-state index in [0.29, 0.717) is 12.1 Å². The summed E-state index contributed by atoms with van der Waals surface area (Å²) >= 11 is 4.75. The zero-order valence-electron chi connectivity index (χ0n) is 24.3. The number of halogens is 3. The van der Waals surface area contributed by atoms with Gasteiger partial charge in [-0.2, -0.15) is 31.1 Å². The number of hydrogen-bond acceptors (Lipinski definition) is 3. The van der Waals surface area contributed by atoms with Crippen LogP contribution in [0.2, 0.25) is 0 Å². The van der Waals surface area contributed by atoms with Crippen LogP contribution in [0.4, 0.5) is 13.2 Å². The smallest absolute Gasteiger partial charge is 0.335 e. The minimum Gasteiger partial charge on any atom is -0.335 e. The van der Waals surface area contributed by atoms with E-state index in [-0.39, 0.29) is 40.5 Å². The number of rotatable bonds is 9. The van der Waals surface area contributed by atoms with E-state index in [1.54, 1.807) is 0 Å². The lowest BCUT2D eigenvalue weighted by Gasteiger charge is -2.43. The van der Waals surface area contributed by atoms with Gasteiger partial charge in [-0.1, -0.05) is 82.2 Å². The molecule has 7 heteroatoms. The Kier molecular flexibility index (Phi) is 14.1. The predicted octanol–water partition coefficient (Wildman–Crippen LogP) is 9.31. The summed E-state index contributed by atoms with van der Waals surface area (Å²) in [6.07, 6.45) is 14.2. The van der Waals surface area contributed by atoms with Gasteiger partial charge in [0, 0.05) is 29.3 Å². The van der Waals surface area contributed by atoms with Crippen LogP contribution < -0.4 is 0 Å². The third-order valence-electron chi connectivity index (χ3n) is 8.25. The first kappa shape index (κ1) is 33.7. The van der Waals surface area contributed by atoms with Crippen LogP contribution in [0.25, 0.3) is 0 Å². The highest BCUT2D eigenvalue weighted by molar-refractivity contribution is 7.81. The Balaban J connectivity index is 0.000000693. The fourth-order valence-electron chi connectivity index (χ4n) is 5.48. The van der Waals surface area contributed by atoms with Crippen LogP contribution in [0.3, 0.4) is 0 Å². The fourth-order valence-corrected chi connectivity index (χ4v) is 5.79. The molecule has 2 aliphatic carbocycles. The van der Waals surface area contributed by atoms with Crippen LogP contribution in [0.5, 0.6) is 0 Å². The van der Waals surface area contributed by atoms with Gasteiger partial charge in [0.25, 0.3) is 5.91 Å². The van der Waals surface area contributed by atoms with Gasteiger partial charge in [-0.15, -0.1) is 0 Å². The minimum absolute atomic E-state index is 0.0153. The lowest BCUT2D eigenvalue weighted by atomic mass is 9.76. The summed E-state index contributed by atoms with van der Waals surface area (Å²) in [6, 6.07) is 8.28. The summed E-state index contributed by atoms with van der Waals surface area (Å²) in [4.78, 5) is 15.7. The van der Waals surface area contributed by atoms with Crippen LogP contribution >= 0.6 is 12.6 Å². The topological polar surface area (TPSA) is 44.1 Å². The van der Waals surface area contributed by atoms with Gasteiger partial charge in [0.05, 0.1) is 12.0 Å². The average Bonchev–Trinajstić information content (AvgIpc) is 3.30. The summed E-state index contributed by atoms with van der Waals surface area (Å²) in [5.41, 5.74) is 0.562. The molecule has 0 bridgehead atoms. The Morgan fingerprint density at radius 1 is 1.05 bits per heavy atom. The maximum atomic E-state index is 13.7. The van der Waals surface area contributed by atoms with Gasteiger partial charge in [-0.3, -0.25) is 4.79 Å². The van der Waals surface area contributed by atoms with Gasteiger partial charge >= 0.3 is 6.18 Å². The average molecular weight is 575 g/mol. The molecule has 1 amide bonds. The maximum absolute atomic E-state index is 13.7. The lowest BCUT2D eigenvalue weighted by Crippen LogP contribution is -2.49. The molecule has 40 heavy (non-hydrogen) atoms. The number of carbonyl (C=O) groups excluding carboxylic acids is 1. The fraction of sp³-hybridized carbons (Fsp3) is 0.576. The second-order valence-electron chi connectivity index (χ2n) is 10.8. The highest BCUT2D eigenvalue weighted by atomic mass is 32.1. The van der Waals surface area contributed by atoms with Crippen molar-refractivity contribution in [3.05, 3.63) is 71.8 Å². The third-order valence-corrected chi connectivity index (χ3v) is 9.04. The number of benzene rings is 1. The molecule has 0 saturated heterocycles. The van der Waals surface area contributed by atoms with Crippen LogP contribution in [0.1, 0.15) is 94.5 Å². The van der Waals surface area contributed by atoms with Crippen molar-refractivity contribution in [2.24, 2.45) is 17.8 Å². The van der Waals surface area contributed by atoms with Gasteiger partial charge in [-0.25, -0.2) is 0 Å². The largest absolute Gasteiger partial charge is 0.395 e. The molecule has 1 aromatic rings. The van der Waals surface area contributed by atoms with Crippen molar-refractivity contribution in [3.8, 4) is 6.07 Å². The summed E-state index contributed by atoms with van der Waals surface area (Å²) in [7, 11) is 0. The number of allylic oxidation sites excluding steroid dienone is 6. The van der Waals surface area contributed by atoms with Crippen LogP contribution in [0.15, 0.2) is 60.7 Å². The molecule has 2 aliphatic rings. The van der Waals surface area contributed by atoms with E-state index in [4.69, 9.17) is 12.6 Å². The van der Waals surface area contributed by atoms with E-state index in [0.717, 1.165) is 51.9 Å². The highest BCUT2D eigenvalue weighted by Crippen LogP contribution is 2.37. The summed E-state index contributed by atoms with van der Waals surface area (Å²) in [5.74, 6) is -1.26. The lowest BCUT2D eigenvalue weighted by molar-refractivity contribution is -0.146. The Labute approximate surface area is 244 Å². The van der Waals surface area contributed by atoms with E-state index < -0.39 is 12.1 Å². The minimum atomic E-state index is -4.32. The Bertz CT molecular complexity index is 1030. The highest BCUT2D eigenvalue weighted by Gasteiger charge is 2.39. The summed E-state index contributed by atoms with van der Waals surface area (Å²) in [6.45, 7) is 7.98. The Morgan fingerprint density at radius 2 is 1.68 bits per heavy atom. The van der Waals surface area contributed by atoms with Crippen LogP contribution in [-0.4, -0.2) is 34.8 Å². The quantitative estimate of drug-likeness (QED) is 0.299. The van der Waals surface area contributed by atoms with Gasteiger partial charge < -0.3 is 4.90 Å². The van der Waals surface area contributed by atoms with Gasteiger partial charge in [0.1, 0.15) is 0 Å². The Hall–Kier alpha value is -2.46. The number of alkyl halides is 3. The standard InChI is InChI=1S/C26H37F3N2OS.C7H8/c1-5-19-14-18(15-30)8-13-23(19)31(16-20(6-2)24(33)7-3)25(32)22-11-9-21(10-12-22)17(4)26(27,28)29;1-2-4-6-7-5-3-1/h9-12,17-20,23-24,33H,5-8,13-14,16H2,1-4H3;1-6H,7H2. The predicted molar refractivity (Wildman–Crippen MR) is 161 cm³/mol. The maximum Gasteiger partial charge on any atom is 0.395 e.